The number of ether oxygens (including phenoxy) is 1. The molecule has 94 valence electrons. The van der Waals surface area contributed by atoms with Gasteiger partial charge in [0.05, 0.1) is 13.2 Å². The maximum atomic E-state index is 10.6. The van der Waals surface area contributed by atoms with Gasteiger partial charge in [-0.1, -0.05) is 30.3 Å². The van der Waals surface area contributed by atoms with Crippen LogP contribution >= 0.6 is 0 Å². The summed E-state index contributed by atoms with van der Waals surface area (Å²) in [6, 6.07) is 9.27. The van der Waals surface area contributed by atoms with Gasteiger partial charge in [0.15, 0.2) is 5.60 Å². The van der Waals surface area contributed by atoms with Crippen LogP contribution in [-0.4, -0.2) is 39.6 Å². The van der Waals surface area contributed by atoms with Crippen LogP contribution in [0, 0.1) is 0 Å². The number of aliphatic hydroxyl groups is 2. The van der Waals surface area contributed by atoms with Crippen LogP contribution < -0.4 is 0 Å². The number of aliphatic carboxylic acids is 1. The van der Waals surface area contributed by atoms with E-state index in [-0.39, 0.29) is 13.2 Å². The highest BCUT2D eigenvalue weighted by molar-refractivity contribution is 5.77. The van der Waals surface area contributed by atoms with Crippen molar-refractivity contribution in [3.63, 3.8) is 0 Å². The minimum absolute atomic E-state index is 0.242. The van der Waals surface area contributed by atoms with Crippen molar-refractivity contribution in [3.8, 4) is 0 Å². The number of carbonyl (C=O) groups is 1. The van der Waals surface area contributed by atoms with Crippen molar-refractivity contribution in [1.29, 1.82) is 0 Å². The predicted molar refractivity (Wildman–Crippen MR) is 60.4 cm³/mol. The predicted octanol–water partition coefficient (Wildman–Crippen LogP) is 0.400. The minimum Gasteiger partial charge on any atom is -0.479 e. The summed E-state index contributed by atoms with van der Waals surface area (Å²) in [7, 11) is 0. The SMILES string of the molecule is C[C@@](O)(C(=O)O)[C@H](O)COCc1ccccc1. The van der Waals surface area contributed by atoms with Gasteiger partial charge in [-0.3, -0.25) is 0 Å². The Kier molecular flexibility index (Phi) is 4.62. The molecular formula is C12H16O5. The molecule has 0 aliphatic rings. The van der Waals surface area contributed by atoms with E-state index >= 15 is 0 Å². The van der Waals surface area contributed by atoms with Crippen LogP contribution in [0.2, 0.25) is 0 Å². The summed E-state index contributed by atoms with van der Waals surface area (Å²) in [5, 5.41) is 27.6. The molecule has 0 amide bonds. The monoisotopic (exact) mass is 240 g/mol. The van der Waals surface area contributed by atoms with E-state index in [1.165, 1.54) is 0 Å². The highest BCUT2D eigenvalue weighted by Crippen LogP contribution is 2.11. The first-order valence-electron chi connectivity index (χ1n) is 5.20. The van der Waals surface area contributed by atoms with Crippen molar-refractivity contribution in [3.05, 3.63) is 35.9 Å². The molecule has 0 radical (unpaired) electrons. The minimum atomic E-state index is -2.20. The molecule has 0 aliphatic carbocycles. The molecule has 0 heterocycles. The Hall–Kier alpha value is -1.43. The molecule has 0 bridgehead atoms. The second-order valence-corrected chi connectivity index (χ2v) is 3.97. The number of carboxylic acids is 1. The third-order valence-corrected chi connectivity index (χ3v) is 2.47. The molecule has 3 N–H and O–H groups in total. The summed E-state index contributed by atoms with van der Waals surface area (Å²) >= 11 is 0. The number of rotatable bonds is 6. The molecule has 5 heteroatoms. The van der Waals surface area contributed by atoms with E-state index in [2.05, 4.69) is 0 Å². The third-order valence-electron chi connectivity index (χ3n) is 2.47. The van der Waals surface area contributed by atoms with E-state index in [1.807, 2.05) is 30.3 Å². The van der Waals surface area contributed by atoms with Crippen molar-refractivity contribution in [2.24, 2.45) is 0 Å². The molecule has 5 nitrogen and oxygen atoms in total. The second kappa shape index (κ2) is 5.77. The average molecular weight is 240 g/mol. The Morgan fingerprint density at radius 3 is 2.53 bits per heavy atom. The highest BCUT2D eigenvalue weighted by Gasteiger charge is 2.38. The maximum absolute atomic E-state index is 10.6. The van der Waals surface area contributed by atoms with Gasteiger partial charge in [-0.2, -0.15) is 0 Å². The van der Waals surface area contributed by atoms with Crippen LogP contribution in [0.1, 0.15) is 12.5 Å². The van der Waals surface area contributed by atoms with Gasteiger partial charge in [0.2, 0.25) is 0 Å². The lowest BCUT2D eigenvalue weighted by Gasteiger charge is -2.24. The summed E-state index contributed by atoms with van der Waals surface area (Å²) in [5.41, 5.74) is -1.29. The number of hydrogen-bond acceptors (Lipinski definition) is 4. The van der Waals surface area contributed by atoms with Crippen molar-refractivity contribution in [1.82, 2.24) is 0 Å². The summed E-state index contributed by atoms with van der Waals surface area (Å²) < 4.78 is 5.14. The highest BCUT2D eigenvalue weighted by atomic mass is 16.5. The molecule has 0 fully saturated rings. The zero-order chi connectivity index (χ0) is 12.9. The molecule has 0 saturated carbocycles. The fourth-order valence-corrected chi connectivity index (χ4v) is 1.17. The van der Waals surface area contributed by atoms with Gasteiger partial charge in [0.1, 0.15) is 6.10 Å². The fraction of sp³-hybridized carbons (Fsp3) is 0.417. The maximum Gasteiger partial charge on any atom is 0.338 e. The second-order valence-electron chi connectivity index (χ2n) is 3.97. The lowest BCUT2D eigenvalue weighted by Crippen LogP contribution is -2.48. The van der Waals surface area contributed by atoms with Crippen LogP contribution in [0.4, 0.5) is 0 Å². The van der Waals surface area contributed by atoms with Gasteiger partial charge in [-0.05, 0) is 12.5 Å². The van der Waals surface area contributed by atoms with Crippen LogP contribution in [0.15, 0.2) is 30.3 Å². The van der Waals surface area contributed by atoms with Gasteiger partial charge in [0, 0.05) is 0 Å². The fourth-order valence-electron chi connectivity index (χ4n) is 1.17. The van der Waals surface area contributed by atoms with E-state index < -0.39 is 17.7 Å². The van der Waals surface area contributed by atoms with Crippen molar-refractivity contribution >= 4 is 5.97 Å². The summed E-state index contributed by atoms with van der Waals surface area (Å²) in [5.74, 6) is -1.48. The Morgan fingerprint density at radius 1 is 1.41 bits per heavy atom. The van der Waals surface area contributed by atoms with Crippen LogP contribution in [0.5, 0.6) is 0 Å². The Balaban J connectivity index is 2.39. The normalized spacial score (nSPS) is 16.2. The van der Waals surface area contributed by atoms with Gasteiger partial charge >= 0.3 is 5.97 Å². The third kappa shape index (κ3) is 3.81. The number of benzene rings is 1. The molecule has 0 aromatic heterocycles. The van der Waals surface area contributed by atoms with E-state index in [0.717, 1.165) is 12.5 Å². The number of carboxylic acid groups (broad SMARTS) is 1. The van der Waals surface area contributed by atoms with Gasteiger partial charge in [0.25, 0.3) is 0 Å². The molecule has 0 aliphatic heterocycles. The topological polar surface area (TPSA) is 87.0 Å². The summed E-state index contributed by atoms with van der Waals surface area (Å²) in [6.45, 7) is 1.05. The average Bonchev–Trinajstić information content (AvgIpc) is 2.30. The lowest BCUT2D eigenvalue weighted by atomic mass is 10.0. The molecule has 0 saturated heterocycles. The molecule has 1 aromatic carbocycles. The molecular weight excluding hydrogens is 224 g/mol. The van der Waals surface area contributed by atoms with Crippen LogP contribution in [0.25, 0.3) is 0 Å². The van der Waals surface area contributed by atoms with Crippen molar-refractivity contribution < 1.29 is 24.9 Å². The van der Waals surface area contributed by atoms with E-state index in [0.29, 0.717) is 0 Å². The van der Waals surface area contributed by atoms with Gasteiger partial charge in [-0.15, -0.1) is 0 Å². The van der Waals surface area contributed by atoms with E-state index in [4.69, 9.17) is 9.84 Å². The van der Waals surface area contributed by atoms with Crippen molar-refractivity contribution in [2.45, 2.75) is 25.2 Å². The van der Waals surface area contributed by atoms with Gasteiger partial charge in [-0.25, -0.2) is 4.79 Å². The Labute approximate surface area is 99.3 Å². The summed E-state index contributed by atoms with van der Waals surface area (Å²) in [4.78, 5) is 10.6. The Morgan fingerprint density at radius 2 is 2.00 bits per heavy atom. The number of hydrogen-bond donors (Lipinski definition) is 3. The zero-order valence-electron chi connectivity index (χ0n) is 9.54. The first-order valence-corrected chi connectivity index (χ1v) is 5.20. The summed E-state index contributed by atoms with van der Waals surface area (Å²) in [6.07, 6.45) is -1.47. The quantitative estimate of drug-likeness (QED) is 0.670. The largest absolute Gasteiger partial charge is 0.479 e. The van der Waals surface area contributed by atoms with Gasteiger partial charge < -0.3 is 20.1 Å². The smallest absolute Gasteiger partial charge is 0.338 e. The molecule has 2 atom stereocenters. The first kappa shape index (κ1) is 13.6. The lowest BCUT2D eigenvalue weighted by molar-refractivity contribution is -0.173. The molecule has 17 heavy (non-hydrogen) atoms. The standard InChI is InChI=1S/C12H16O5/c1-12(16,11(14)15)10(13)8-17-7-9-5-3-2-4-6-9/h2-6,10,13,16H,7-8H2,1H3,(H,14,15)/t10-,12+/m1/s1. The Bertz CT molecular complexity index is 360. The van der Waals surface area contributed by atoms with E-state index in [9.17, 15) is 15.0 Å². The van der Waals surface area contributed by atoms with Crippen LogP contribution in [0.3, 0.4) is 0 Å². The first-order chi connectivity index (χ1) is 7.94. The molecule has 1 aromatic rings. The molecule has 0 unspecified atom stereocenters. The molecule has 1 rings (SSSR count). The number of aliphatic hydroxyl groups excluding tert-OH is 1. The van der Waals surface area contributed by atoms with Crippen molar-refractivity contribution in [2.75, 3.05) is 6.61 Å². The molecule has 0 spiro atoms. The zero-order valence-corrected chi connectivity index (χ0v) is 9.54. The van der Waals surface area contributed by atoms with E-state index in [1.54, 1.807) is 0 Å². The van der Waals surface area contributed by atoms with Crippen LogP contribution in [-0.2, 0) is 16.1 Å².